The monoisotopic (exact) mass is 376 g/mol. The lowest BCUT2D eigenvalue weighted by Crippen LogP contribution is -2.56. The molecule has 1 saturated heterocycles. The van der Waals surface area contributed by atoms with Crippen LogP contribution in [0.25, 0.3) is 0 Å². The van der Waals surface area contributed by atoms with Crippen molar-refractivity contribution in [2.24, 2.45) is 0 Å². The molecule has 0 amide bonds. The summed E-state index contributed by atoms with van der Waals surface area (Å²) >= 11 is 0. The first kappa shape index (κ1) is 17.6. The van der Waals surface area contributed by atoms with E-state index in [-0.39, 0.29) is 23.9 Å². The van der Waals surface area contributed by atoms with Crippen LogP contribution in [0.15, 0.2) is 47.5 Å². The molecular formula is C15H12F4N2O3S. The Morgan fingerprint density at radius 3 is 2.36 bits per heavy atom. The van der Waals surface area contributed by atoms with Gasteiger partial charge in [-0.1, -0.05) is 0 Å². The van der Waals surface area contributed by atoms with Crippen molar-refractivity contribution in [2.45, 2.75) is 17.2 Å². The van der Waals surface area contributed by atoms with Crippen LogP contribution in [0.4, 0.5) is 17.6 Å². The Bertz CT molecular complexity index is 863. The summed E-state index contributed by atoms with van der Waals surface area (Å²) in [6.45, 7) is -0.0602. The van der Waals surface area contributed by atoms with Crippen LogP contribution in [0.2, 0.25) is 0 Å². The number of pyridine rings is 1. The fourth-order valence-electron chi connectivity index (χ4n) is 2.25. The maximum Gasteiger partial charge on any atom is 0.416 e. The first-order valence-corrected chi connectivity index (χ1v) is 8.56. The van der Waals surface area contributed by atoms with Gasteiger partial charge in [-0.05, 0) is 30.3 Å². The zero-order valence-electron chi connectivity index (χ0n) is 12.6. The molecule has 134 valence electrons. The number of benzene rings is 1. The smallest absolute Gasteiger partial charge is 0.416 e. The van der Waals surface area contributed by atoms with Gasteiger partial charge in [0.05, 0.1) is 23.5 Å². The van der Waals surface area contributed by atoms with Crippen LogP contribution in [0.1, 0.15) is 5.56 Å². The summed E-state index contributed by atoms with van der Waals surface area (Å²) < 4.78 is 81.8. The molecule has 25 heavy (non-hydrogen) atoms. The fraction of sp³-hybridized carbons (Fsp3) is 0.267. The number of aromatic nitrogens is 1. The number of ether oxygens (including phenoxy) is 1. The molecule has 5 nitrogen and oxygen atoms in total. The van der Waals surface area contributed by atoms with E-state index in [1.54, 1.807) is 0 Å². The van der Waals surface area contributed by atoms with Crippen molar-refractivity contribution in [2.75, 3.05) is 13.1 Å². The van der Waals surface area contributed by atoms with Crippen LogP contribution in [0.5, 0.6) is 5.88 Å². The minimum absolute atomic E-state index is 0.0301. The molecule has 0 aliphatic carbocycles. The van der Waals surface area contributed by atoms with Gasteiger partial charge in [0.2, 0.25) is 15.9 Å². The van der Waals surface area contributed by atoms with E-state index in [1.807, 2.05) is 0 Å². The molecule has 1 fully saturated rings. The van der Waals surface area contributed by atoms with Gasteiger partial charge >= 0.3 is 6.18 Å². The summed E-state index contributed by atoms with van der Waals surface area (Å²) in [5.74, 6) is -0.780. The topological polar surface area (TPSA) is 59.5 Å². The second-order valence-electron chi connectivity index (χ2n) is 5.40. The predicted molar refractivity (Wildman–Crippen MR) is 78.8 cm³/mol. The Kier molecular flexibility index (Phi) is 4.41. The normalized spacial score (nSPS) is 16.5. The van der Waals surface area contributed by atoms with E-state index in [2.05, 4.69) is 4.98 Å². The fourth-order valence-corrected chi connectivity index (χ4v) is 3.75. The van der Waals surface area contributed by atoms with Crippen LogP contribution in [-0.2, 0) is 16.2 Å². The Morgan fingerprint density at radius 1 is 1.12 bits per heavy atom. The summed E-state index contributed by atoms with van der Waals surface area (Å²) in [7, 11) is -3.79. The van der Waals surface area contributed by atoms with Gasteiger partial charge < -0.3 is 4.74 Å². The molecule has 0 atom stereocenters. The highest BCUT2D eigenvalue weighted by atomic mass is 32.2. The Balaban J connectivity index is 1.64. The second-order valence-corrected chi connectivity index (χ2v) is 7.33. The third-order valence-electron chi connectivity index (χ3n) is 3.62. The summed E-state index contributed by atoms with van der Waals surface area (Å²) in [5.41, 5.74) is -0.896. The van der Waals surface area contributed by atoms with E-state index >= 15 is 0 Å². The van der Waals surface area contributed by atoms with Crippen LogP contribution in [0.3, 0.4) is 0 Å². The average Bonchev–Trinajstić information content (AvgIpc) is 2.50. The standard InChI is InChI=1S/C15H12F4N2O3S/c16-11-1-3-13(4-2-11)25(22,23)21-8-12(9-21)24-14-7-10(5-6-20-14)15(17,18)19/h1-7,12H,8-9H2. The third-order valence-corrected chi connectivity index (χ3v) is 5.46. The van der Waals surface area contributed by atoms with Crippen molar-refractivity contribution in [1.82, 2.24) is 9.29 Å². The maximum absolute atomic E-state index is 12.9. The Morgan fingerprint density at radius 2 is 1.76 bits per heavy atom. The highest BCUT2D eigenvalue weighted by Gasteiger charge is 2.39. The van der Waals surface area contributed by atoms with Crippen LogP contribution in [0, 0.1) is 5.82 Å². The lowest BCUT2D eigenvalue weighted by molar-refractivity contribution is -0.137. The molecule has 3 rings (SSSR count). The number of halogens is 4. The molecule has 2 aromatic rings. The van der Waals surface area contributed by atoms with Crippen molar-refractivity contribution in [1.29, 1.82) is 0 Å². The molecule has 1 aliphatic heterocycles. The molecule has 0 bridgehead atoms. The Labute approximate surface area is 140 Å². The predicted octanol–water partition coefficient (Wildman–Crippen LogP) is 2.69. The number of hydrogen-bond donors (Lipinski definition) is 0. The molecule has 0 spiro atoms. The van der Waals surface area contributed by atoms with Crippen molar-refractivity contribution in [3.63, 3.8) is 0 Å². The Hall–Kier alpha value is -2.20. The van der Waals surface area contributed by atoms with Gasteiger partial charge in [-0.15, -0.1) is 0 Å². The number of sulfonamides is 1. The molecule has 1 aromatic heterocycles. The lowest BCUT2D eigenvalue weighted by Gasteiger charge is -2.37. The van der Waals surface area contributed by atoms with E-state index in [9.17, 15) is 26.0 Å². The SMILES string of the molecule is O=S(=O)(c1ccc(F)cc1)N1CC(Oc2cc(C(F)(F)F)ccn2)C1. The van der Waals surface area contributed by atoms with Crippen molar-refractivity contribution in [3.8, 4) is 5.88 Å². The van der Waals surface area contributed by atoms with Crippen molar-refractivity contribution in [3.05, 3.63) is 54.0 Å². The van der Waals surface area contributed by atoms with Gasteiger partial charge in [-0.2, -0.15) is 17.5 Å². The number of rotatable bonds is 4. The van der Waals surface area contributed by atoms with Gasteiger partial charge in [-0.3, -0.25) is 0 Å². The second kappa shape index (κ2) is 6.26. The van der Waals surface area contributed by atoms with E-state index in [0.717, 1.165) is 46.9 Å². The molecule has 0 saturated carbocycles. The highest BCUT2D eigenvalue weighted by Crippen LogP contribution is 2.31. The number of hydrogen-bond acceptors (Lipinski definition) is 4. The number of nitrogens with zero attached hydrogens (tertiary/aromatic N) is 2. The van der Waals surface area contributed by atoms with Crippen molar-refractivity contribution >= 4 is 10.0 Å². The molecule has 1 aromatic carbocycles. The van der Waals surface area contributed by atoms with Gasteiger partial charge in [0.1, 0.15) is 11.9 Å². The van der Waals surface area contributed by atoms with E-state index < -0.39 is 33.7 Å². The minimum Gasteiger partial charge on any atom is -0.472 e. The quantitative estimate of drug-likeness (QED) is 0.770. The summed E-state index contributed by atoms with van der Waals surface area (Å²) in [6, 6.07) is 5.94. The van der Waals surface area contributed by atoms with Crippen molar-refractivity contribution < 1.29 is 30.7 Å². The largest absolute Gasteiger partial charge is 0.472 e. The lowest BCUT2D eigenvalue weighted by atomic mass is 10.2. The zero-order valence-corrected chi connectivity index (χ0v) is 13.4. The van der Waals surface area contributed by atoms with Crippen LogP contribution in [-0.4, -0.2) is 36.9 Å². The highest BCUT2D eigenvalue weighted by molar-refractivity contribution is 7.89. The summed E-state index contributed by atoms with van der Waals surface area (Å²) in [6.07, 6.45) is -4.14. The molecule has 10 heteroatoms. The van der Waals surface area contributed by atoms with E-state index in [0.29, 0.717) is 0 Å². The van der Waals surface area contributed by atoms with E-state index in [4.69, 9.17) is 4.74 Å². The maximum atomic E-state index is 12.9. The average molecular weight is 376 g/mol. The number of alkyl halides is 3. The molecule has 0 unspecified atom stereocenters. The molecule has 2 heterocycles. The minimum atomic E-state index is -4.52. The van der Waals surface area contributed by atoms with Gasteiger partial charge in [0.25, 0.3) is 0 Å². The first-order valence-electron chi connectivity index (χ1n) is 7.12. The van der Waals surface area contributed by atoms with Crippen LogP contribution < -0.4 is 4.74 Å². The molecular weight excluding hydrogens is 364 g/mol. The molecule has 0 radical (unpaired) electrons. The first-order chi connectivity index (χ1) is 11.7. The third kappa shape index (κ3) is 3.74. The summed E-state index contributed by atoms with van der Waals surface area (Å²) in [5, 5.41) is 0. The van der Waals surface area contributed by atoms with Crippen LogP contribution >= 0.6 is 0 Å². The van der Waals surface area contributed by atoms with E-state index in [1.165, 1.54) is 0 Å². The molecule has 0 N–H and O–H groups in total. The van der Waals surface area contributed by atoms with Gasteiger partial charge in [-0.25, -0.2) is 17.8 Å². The van der Waals surface area contributed by atoms with Gasteiger partial charge in [0, 0.05) is 12.3 Å². The van der Waals surface area contributed by atoms with Gasteiger partial charge in [0.15, 0.2) is 0 Å². The molecule has 1 aliphatic rings. The zero-order chi connectivity index (χ0) is 18.2. The summed E-state index contributed by atoms with van der Waals surface area (Å²) in [4.78, 5) is 3.63.